The maximum atomic E-state index is 8.83. The van der Waals surface area contributed by atoms with E-state index >= 15 is 0 Å². The van der Waals surface area contributed by atoms with E-state index in [1.54, 1.807) is 13.3 Å². The fourth-order valence-electron chi connectivity index (χ4n) is 1.86. The van der Waals surface area contributed by atoms with Crippen molar-refractivity contribution in [1.82, 2.24) is 4.98 Å². The third-order valence-electron chi connectivity index (χ3n) is 3.19. The van der Waals surface area contributed by atoms with Crippen LogP contribution in [0, 0.1) is 17.2 Å². The predicted octanol–water partition coefficient (Wildman–Crippen LogP) is 3.43. The Bertz CT molecular complexity index is 732. The molecule has 1 aromatic heterocycles. The van der Waals surface area contributed by atoms with Crippen LogP contribution in [0.4, 0.5) is 5.88 Å². The first-order valence-electron chi connectivity index (χ1n) is 7.57. The number of hydrogen-bond acceptors (Lipinski definition) is 7. The SMILES string of the molecule is COc1cc(C=NNc2ocnc2C#N)ccc1OCCC(C)C. The average Bonchev–Trinajstić information content (AvgIpc) is 3.03. The first-order chi connectivity index (χ1) is 11.6. The zero-order valence-electron chi connectivity index (χ0n) is 13.9. The zero-order valence-corrected chi connectivity index (χ0v) is 13.9. The highest BCUT2D eigenvalue weighted by atomic mass is 16.5. The zero-order chi connectivity index (χ0) is 17.4. The molecule has 0 fully saturated rings. The van der Waals surface area contributed by atoms with Gasteiger partial charge in [-0.15, -0.1) is 0 Å². The van der Waals surface area contributed by atoms with Crippen molar-refractivity contribution in [2.24, 2.45) is 11.0 Å². The van der Waals surface area contributed by atoms with Crippen LogP contribution in [0.2, 0.25) is 0 Å². The molecular formula is C17H20N4O3. The van der Waals surface area contributed by atoms with E-state index in [1.807, 2.05) is 24.3 Å². The minimum Gasteiger partial charge on any atom is -0.493 e. The maximum absolute atomic E-state index is 8.83. The standard InChI is InChI=1S/C17H20N4O3/c1-12(2)6-7-23-15-5-4-13(8-16(15)22-3)10-20-21-17-14(9-18)19-11-24-17/h4-5,8,10-12,21H,6-7H2,1-3H3. The Morgan fingerprint density at radius 2 is 2.25 bits per heavy atom. The van der Waals surface area contributed by atoms with Gasteiger partial charge in [-0.05, 0) is 36.1 Å². The summed E-state index contributed by atoms with van der Waals surface area (Å²) in [5, 5.41) is 12.9. The van der Waals surface area contributed by atoms with Crippen LogP contribution in [0.3, 0.4) is 0 Å². The minimum absolute atomic E-state index is 0.152. The van der Waals surface area contributed by atoms with Crippen molar-refractivity contribution < 1.29 is 13.9 Å². The number of oxazole rings is 1. The van der Waals surface area contributed by atoms with Crippen molar-refractivity contribution in [3.8, 4) is 17.6 Å². The first-order valence-corrected chi connectivity index (χ1v) is 7.57. The van der Waals surface area contributed by atoms with Gasteiger partial charge in [0.2, 0.25) is 5.69 Å². The maximum Gasteiger partial charge on any atom is 0.251 e. The highest BCUT2D eigenvalue weighted by molar-refractivity contribution is 5.81. The van der Waals surface area contributed by atoms with Crippen molar-refractivity contribution >= 4 is 12.1 Å². The molecule has 7 heteroatoms. The Kier molecular flexibility index (Phi) is 6.20. The second kappa shape index (κ2) is 8.58. The molecule has 24 heavy (non-hydrogen) atoms. The van der Waals surface area contributed by atoms with Crippen molar-refractivity contribution in [2.45, 2.75) is 20.3 Å². The molecule has 0 amide bonds. The third kappa shape index (κ3) is 4.74. The molecule has 0 aliphatic rings. The van der Waals surface area contributed by atoms with E-state index in [1.165, 1.54) is 6.39 Å². The molecule has 0 spiro atoms. The summed E-state index contributed by atoms with van der Waals surface area (Å²) in [6.45, 7) is 4.95. The lowest BCUT2D eigenvalue weighted by atomic mass is 10.1. The van der Waals surface area contributed by atoms with E-state index in [4.69, 9.17) is 19.2 Å². The Balaban J connectivity index is 2.01. The molecule has 0 saturated carbocycles. The minimum atomic E-state index is 0.152. The summed E-state index contributed by atoms with van der Waals surface area (Å²) >= 11 is 0. The van der Waals surface area contributed by atoms with E-state index < -0.39 is 0 Å². The topological polar surface area (TPSA) is 92.7 Å². The van der Waals surface area contributed by atoms with E-state index in [0.29, 0.717) is 24.0 Å². The van der Waals surface area contributed by atoms with Crippen LogP contribution in [0.25, 0.3) is 0 Å². The Morgan fingerprint density at radius 3 is 2.96 bits per heavy atom. The van der Waals surface area contributed by atoms with Crippen LogP contribution in [-0.2, 0) is 0 Å². The number of nitrogens with one attached hydrogen (secondary N) is 1. The quantitative estimate of drug-likeness (QED) is 0.589. The van der Waals surface area contributed by atoms with Gasteiger partial charge in [-0.1, -0.05) is 13.8 Å². The lowest BCUT2D eigenvalue weighted by Gasteiger charge is -2.12. The lowest BCUT2D eigenvalue weighted by Crippen LogP contribution is -2.03. The van der Waals surface area contributed by atoms with Crippen molar-refractivity contribution in [1.29, 1.82) is 5.26 Å². The summed E-state index contributed by atoms with van der Waals surface area (Å²) in [6, 6.07) is 7.43. The smallest absolute Gasteiger partial charge is 0.251 e. The normalized spacial score (nSPS) is 10.8. The van der Waals surface area contributed by atoms with E-state index in [9.17, 15) is 0 Å². The van der Waals surface area contributed by atoms with Crippen molar-refractivity contribution in [2.75, 3.05) is 19.1 Å². The van der Waals surface area contributed by atoms with Crippen LogP contribution < -0.4 is 14.9 Å². The van der Waals surface area contributed by atoms with Gasteiger partial charge in [0, 0.05) is 0 Å². The summed E-state index contributed by atoms with van der Waals surface area (Å²) in [4.78, 5) is 3.74. The van der Waals surface area contributed by atoms with Gasteiger partial charge >= 0.3 is 0 Å². The van der Waals surface area contributed by atoms with Crippen molar-refractivity contribution in [3.05, 3.63) is 35.9 Å². The van der Waals surface area contributed by atoms with Crippen LogP contribution in [0.15, 0.2) is 34.1 Å². The number of hydrogen-bond donors (Lipinski definition) is 1. The number of methoxy groups -OCH3 is 1. The number of aromatic nitrogens is 1. The van der Waals surface area contributed by atoms with Gasteiger partial charge in [0.1, 0.15) is 6.07 Å². The van der Waals surface area contributed by atoms with E-state index in [0.717, 1.165) is 12.0 Å². The lowest BCUT2D eigenvalue weighted by molar-refractivity contribution is 0.273. The molecule has 1 N–H and O–H groups in total. The molecule has 2 aromatic rings. The first kappa shape index (κ1) is 17.3. The second-order valence-corrected chi connectivity index (χ2v) is 5.45. The molecule has 2 rings (SSSR count). The summed E-state index contributed by atoms with van der Waals surface area (Å²) in [5.74, 6) is 2.13. The van der Waals surface area contributed by atoms with Crippen LogP contribution in [0.5, 0.6) is 11.5 Å². The molecule has 1 heterocycles. The Labute approximate surface area is 140 Å². The van der Waals surface area contributed by atoms with Crippen molar-refractivity contribution in [3.63, 3.8) is 0 Å². The van der Waals surface area contributed by atoms with Gasteiger partial charge in [0.15, 0.2) is 17.9 Å². The summed E-state index contributed by atoms with van der Waals surface area (Å²) in [6.07, 6.45) is 3.75. The molecule has 0 atom stereocenters. The molecule has 126 valence electrons. The largest absolute Gasteiger partial charge is 0.493 e. The molecular weight excluding hydrogens is 308 g/mol. The summed E-state index contributed by atoms with van der Waals surface area (Å²) < 4.78 is 16.1. The molecule has 0 aliphatic heterocycles. The second-order valence-electron chi connectivity index (χ2n) is 5.45. The fourth-order valence-corrected chi connectivity index (χ4v) is 1.86. The summed E-state index contributed by atoms with van der Waals surface area (Å²) in [7, 11) is 1.59. The average molecular weight is 328 g/mol. The van der Waals surface area contributed by atoms with E-state index in [2.05, 4.69) is 29.4 Å². The summed E-state index contributed by atoms with van der Waals surface area (Å²) in [5.41, 5.74) is 3.60. The molecule has 7 nitrogen and oxygen atoms in total. The number of nitriles is 1. The Hall–Kier alpha value is -3.01. The number of hydrazone groups is 1. The Morgan fingerprint density at radius 1 is 1.42 bits per heavy atom. The van der Waals surface area contributed by atoms with E-state index in [-0.39, 0.29) is 11.6 Å². The monoisotopic (exact) mass is 328 g/mol. The number of nitrogens with zero attached hydrogens (tertiary/aromatic N) is 3. The van der Waals surface area contributed by atoms with Gasteiger partial charge in [-0.25, -0.2) is 10.4 Å². The third-order valence-corrected chi connectivity index (χ3v) is 3.19. The van der Waals surface area contributed by atoms with Gasteiger partial charge in [0.05, 0.1) is 19.9 Å². The highest BCUT2D eigenvalue weighted by Crippen LogP contribution is 2.28. The molecule has 0 aliphatic carbocycles. The van der Waals surface area contributed by atoms with Gasteiger partial charge < -0.3 is 13.9 Å². The molecule has 0 saturated heterocycles. The molecule has 0 unspecified atom stereocenters. The predicted molar refractivity (Wildman–Crippen MR) is 90.4 cm³/mol. The molecule has 1 aromatic carbocycles. The van der Waals surface area contributed by atoms with Crippen LogP contribution >= 0.6 is 0 Å². The number of benzene rings is 1. The van der Waals surface area contributed by atoms with Gasteiger partial charge in [0.25, 0.3) is 5.88 Å². The highest BCUT2D eigenvalue weighted by Gasteiger charge is 2.07. The molecule has 0 radical (unpaired) electrons. The van der Waals surface area contributed by atoms with Crippen LogP contribution in [-0.4, -0.2) is 24.9 Å². The number of ether oxygens (including phenoxy) is 2. The number of anilines is 1. The fraction of sp³-hybridized carbons (Fsp3) is 0.353. The van der Waals surface area contributed by atoms with Gasteiger partial charge in [-0.3, -0.25) is 0 Å². The number of rotatable bonds is 8. The van der Waals surface area contributed by atoms with Crippen LogP contribution in [0.1, 0.15) is 31.5 Å². The van der Waals surface area contributed by atoms with Gasteiger partial charge in [-0.2, -0.15) is 10.4 Å². The molecule has 0 bridgehead atoms.